The van der Waals surface area contributed by atoms with Crippen LogP contribution in [0.2, 0.25) is 0 Å². The van der Waals surface area contributed by atoms with Crippen molar-refractivity contribution in [2.75, 3.05) is 14.2 Å². The highest BCUT2D eigenvalue weighted by Gasteiger charge is 2.13. The maximum Gasteiger partial charge on any atom is 0.341 e. The molecule has 2 aromatic rings. The number of carboxylic acid groups (broad SMARTS) is 1. The number of rotatable bonds is 4. The van der Waals surface area contributed by atoms with Crippen molar-refractivity contribution in [2.24, 2.45) is 0 Å². The quantitative estimate of drug-likeness (QED) is 0.887. The highest BCUT2D eigenvalue weighted by Crippen LogP contribution is 2.32. The minimum Gasteiger partial charge on any atom is -0.497 e. The fraction of sp³-hybridized carbons (Fsp3) is 0.143. The molecule has 20 heavy (non-hydrogen) atoms. The number of nitrogens with one attached hydrogen (secondary N) is 1. The summed E-state index contributed by atoms with van der Waals surface area (Å²) in [6, 6.07) is 6.45. The van der Waals surface area contributed by atoms with Crippen molar-refractivity contribution in [1.82, 2.24) is 4.98 Å². The van der Waals surface area contributed by atoms with Crippen molar-refractivity contribution in [2.45, 2.75) is 0 Å². The number of pyridine rings is 1. The lowest BCUT2D eigenvalue weighted by Crippen LogP contribution is -2.16. The fourth-order valence-corrected chi connectivity index (χ4v) is 1.84. The van der Waals surface area contributed by atoms with E-state index in [-0.39, 0.29) is 5.56 Å². The van der Waals surface area contributed by atoms with Crippen LogP contribution in [-0.2, 0) is 0 Å². The zero-order valence-corrected chi connectivity index (χ0v) is 11.0. The lowest BCUT2D eigenvalue weighted by molar-refractivity contribution is 0.0695. The van der Waals surface area contributed by atoms with Gasteiger partial charge in [-0.15, -0.1) is 0 Å². The van der Waals surface area contributed by atoms with Gasteiger partial charge < -0.3 is 19.6 Å². The molecular weight excluding hydrogens is 262 g/mol. The third kappa shape index (κ3) is 2.49. The van der Waals surface area contributed by atoms with Gasteiger partial charge in [0.2, 0.25) is 0 Å². The molecule has 0 fully saturated rings. The Morgan fingerprint density at radius 1 is 1.20 bits per heavy atom. The van der Waals surface area contributed by atoms with Crippen LogP contribution in [0.3, 0.4) is 0 Å². The van der Waals surface area contributed by atoms with Crippen LogP contribution < -0.4 is 15.0 Å². The van der Waals surface area contributed by atoms with E-state index < -0.39 is 11.5 Å². The Balaban J connectivity index is 2.64. The number of aromatic amines is 1. The number of aromatic nitrogens is 1. The molecule has 0 saturated carbocycles. The summed E-state index contributed by atoms with van der Waals surface area (Å²) in [5, 5.41) is 8.99. The lowest BCUT2D eigenvalue weighted by atomic mass is 10.0. The number of ether oxygens (including phenoxy) is 2. The number of carboxylic acids is 1. The van der Waals surface area contributed by atoms with Crippen molar-refractivity contribution >= 4 is 5.97 Å². The summed E-state index contributed by atoms with van der Waals surface area (Å²) in [5.74, 6) is -0.131. The third-order valence-corrected chi connectivity index (χ3v) is 2.85. The van der Waals surface area contributed by atoms with Gasteiger partial charge in [0.1, 0.15) is 17.1 Å². The maximum atomic E-state index is 11.4. The first kappa shape index (κ1) is 13.7. The molecule has 0 radical (unpaired) electrons. The summed E-state index contributed by atoms with van der Waals surface area (Å²) in [7, 11) is 3.04. The van der Waals surface area contributed by atoms with Gasteiger partial charge in [0.15, 0.2) is 0 Å². The molecule has 2 N–H and O–H groups in total. The number of hydrogen-bond acceptors (Lipinski definition) is 4. The Kier molecular flexibility index (Phi) is 3.74. The van der Waals surface area contributed by atoms with Crippen LogP contribution in [-0.4, -0.2) is 30.3 Å². The SMILES string of the molecule is COc1ccc(OC)c(-c2c[nH]c(=O)c(C(=O)O)c2)c1. The van der Waals surface area contributed by atoms with Crippen molar-refractivity contribution in [3.05, 3.63) is 46.4 Å². The van der Waals surface area contributed by atoms with E-state index in [1.165, 1.54) is 26.5 Å². The highest BCUT2D eigenvalue weighted by molar-refractivity contribution is 5.89. The summed E-state index contributed by atoms with van der Waals surface area (Å²) < 4.78 is 10.4. The van der Waals surface area contributed by atoms with E-state index in [4.69, 9.17) is 14.6 Å². The molecule has 0 bridgehead atoms. The van der Waals surface area contributed by atoms with Crippen molar-refractivity contribution in [1.29, 1.82) is 0 Å². The van der Waals surface area contributed by atoms with Gasteiger partial charge in [-0.25, -0.2) is 4.79 Å². The second-order valence-electron chi connectivity index (χ2n) is 4.00. The molecular formula is C14H13NO5. The van der Waals surface area contributed by atoms with E-state index in [9.17, 15) is 9.59 Å². The van der Waals surface area contributed by atoms with Gasteiger partial charge in [-0.3, -0.25) is 4.79 Å². The topological polar surface area (TPSA) is 88.6 Å². The van der Waals surface area contributed by atoms with Crippen LogP contribution >= 0.6 is 0 Å². The summed E-state index contributed by atoms with van der Waals surface area (Å²) >= 11 is 0. The first-order valence-corrected chi connectivity index (χ1v) is 5.75. The molecule has 104 valence electrons. The highest BCUT2D eigenvalue weighted by atomic mass is 16.5. The molecule has 1 aromatic heterocycles. The number of benzene rings is 1. The molecule has 1 heterocycles. The standard InChI is InChI=1S/C14H13NO5/c1-19-9-3-4-12(20-2)10(6-9)8-5-11(14(17)18)13(16)15-7-8/h3-7H,1-2H3,(H,15,16)(H,17,18). The fourth-order valence-electron chi connectivity index (χ4n) is 1.84. The lowest BCUT2D eigenvalue weighted by Gasteiger charge is -2.10. The Labute approximate surface area is 114 Å². The zero-order chi connectivity index (χ0) is 14.7. The summed E-state index contributed by atoms with van der Waals surface area (Å²) in [4.78, 5) is 24.8. The first-order valence-electron chi connectivity index (χ1n) is 5.75. The van der Waals surface area contributed by atoms with Gasteiger partial charge in [-0.1, -0.05) is 0 Å². The smallest absolute Gasteiger partial charge is 0.341 e. The van der Waals surface area contributed by atoms with E-state index in [1.54, 1.807) is 18.2 Å². The number of methoxy groups -OCH3 is 2. The summed E-state index contributed by atoms with van der Waals surface area (Å²) in [6.45, 7) is 0. The molecule has 6 heteroatoms. The first-order chi connectivity index (χ1) is 9.56. The van der Waals surface area contributed by atoms with Crippen LogP contribution in [0.1, 0.15) is 10.4 Å². The monoisotopic (exact) mass is 275 g/mol. The second-order valence-corrected chi connectivity index (χ2v) is 4.00. The summed E-state index contributed by atoms with van der Waals surface area (Å²) in [5.41, 5.74) is 0.179. The van der Waals surface area contributed by atoms with Gasteiger partial charge in [-0.05, 0) is 24.3 Å². The van der Waals surface area contributed by atoms with E-state index in [0.29, 0.717) is 22.6 Å². The molecule has 0 aliphatic heterocycles. The predicted molar refractivity (Wildman–Crippen MR) is 72.6 cm³/mol. The van der Waals surface area contributed by atoms with Gasteiger partial charge >= 0.3 is 5.97 Å². The van der Waals surface area contributed by atoms with E-state index in [2.05, 4.69) is 4.98 Å². The largest absolute Gasteiger partial charge is 0.497 e. The van der Waals surface area contributed by atoms with Crippen molar-refractivity contribution in [3.8, 4) is 22.6 Å². The molecule has 0 spiro atoms. The molecule has 6 nitrogen and oxygen atoms in total. The number of hydrogen-bond donors (Lipinski definition) is 2. The van der Waals surface area contributed by atoms with Gasteiger partial charge in [0.05, 0.1) is 14.2 Å². The minimum absolute atomic E-state index is 0.327. The van der Waals surface area contributed by atoms with E-state index in [0.717, 1.165) is 0 Å². The van der Waals surface area contributed by atoms with Crippen LogP contribution in [0.5, 0.6) is 11.5 Å². The number of carbonyl (C=O) groups is 1. The molecule has 1 aromatic carbocycles. The average Bonchev–Trinajstić information content (AvgIpc) is 2.46. The van der Waals surface area contributed by atoms with Crippen molar-refractivity contribution < 1.29 is 19.4 Å². The van der Waals surface area contributed by atoms with Crippen molar-refractivity contribution in [3.63, 3.8) is 0 Å². The molecule has 2 rings (SSSR count). The van der Waals surface area contributed by atoms with Crippen LogP contribution in [0.4, 0.5) is 0 Å². The predicted octanol–water partition coefficient (Wildman–Crippen LogP) is 1.76. The Morgan fingerprint density at radius 3 is 2.55 bits per heavy atom. The second kappa shape index (κ2) is 5.48. The molecule has 0 saturated heterocycles. The van der Waals surface area contributed by atoms with Crippen LogP contribution in [0.25, 0.3) is 11.1 Å². The Bertz CT molecular complexity index is 705. The average molecular weight is 275 g/mol. The van der Waals surface area contributed by atoms with Gasteiger partial charge in [-0.2, -0.15) is 0 Å². The third-order valence-electron chi connectivity index (χ3n) is 2.85. The molecule has 0 aliphatic rings. The Morgan fingerprint density at radius 2 is 1.95 bits per heavy atom. The molecule has 0 aliphatic carbocycles. The van der Waals surface area contributed by atoms with E-state index >= 15 is 0 Å². The normalized spacial score (nSPS) is 10.1. The Hall–Kier alpha value is -2.76. The molecule has 0 amide bonds. The zero-order valence-electron chi connectivity index (χ0n) is 11.0. The number of aromatic carboxylic acids is 1. The van der Waals surface area contributed by atoms with Gasteiger partial charge in [0.25, 0.3) is 5.56 Å². The van der Waals surface area contributed by atoms with Crippen LogP contribution in [0.15, 0.2) is 35.3 Å². The van der Waals surface area contributed by atoms with Crippen LogP contribution in [0, 0.1) is 0 Å². The summed E-state index contributed by atoms with van der Waals surface area (Å²) in [6.07, 6.45) is 1.44. The van der Waals surface area contributed by atoms with E-state index in [1.807, 2.05) is 0 Å². The minimum atomic E-state index is -1.28. The molecule has 0 atom stereocenters. The maximum absolute atomic E-state index is 11.4. The molecule has 0 unspecified atom stereocenters. The number of H-pyrrole nitrogens is 1. The van der Waals surface area contributed by atoms with Gasteiger partial charge in [0, 0.05) is 17.3 Å².